The van der Waals surface area contributed by atoms with Gasteiger partial charge in [-0.1, -0.05) is 6.42 Å². The molecule has 0 atom stereocenters. The lowest BCUT2D eigenvalue weighted by molar-refractivity contribution is -0.142. The van der Waals surface area contributed by atoms with Crippen LogP contribution < -0.4 is 0 Å². The van der Waals surface area contributed by atoms with Crippen molar-refractivity contribution in [2.24, 2.45) is 0 Å². The number of ketones is 1. The van der Waals surface area contributed by atoms with E-state index in [9.17, 15) is 31.1 Å². The van der Waals surface area contributed by atoms with Crippen molar-refractivity contribution in [3.05, 3.63) is 28.6 Å². The first-order valence-corrected chi connectivity index (χ1v) is 6.32. The van der Waals surface area contributed by atoms with Crippen LogP contribution in [0.4, 0.5) is 26.3 Å². The van der Waals surface area contributed by atoms with Gasteiger partial charge in [0.25, 0.3) is 5.78 Å². The van der Waals surface area contributed by atoms with Gasteiger partial charge >= 0.3 is 12.4 Å². The van der Waals surface area contributed by atoms with E-state index in [1.165, 1.54) is 0 Å². The average molecular weight is 311 g/mol. The number of alkyl halides is 6. The largest absolute Gasteiger partial charge is 0.454 e. The quantitative estimate of drug-likeness (QED) is 0.444. The van der Waals surface area contributed by atoms with E-state index >= 15 is 0 Å². The molecule has 1 aliphatic rings. The van der Waals surface area contributed by atoms with Gasteiger partial charge in [-0.25, -0.2) is 4.98 Å². The fourth-order valence-electron chi connectivity index (χ4n) is 2.35. The Morgan fingerprint density at radius 3 is 2.19 bits per heavy atom. The highest BCUT2D eigenvalue weighted by Crippen LogP contribution is 2.35. The normalized spacial score (nSPS) is 16.3. The van der Waals surface area contributed by atoms with Crippen LogP contribution in [0.5, 0.6) is 0 Å². The van der Waals surface area contributed by atoms with Crippen molar-refractivity contribution in [3.8, 4) is 0 Å². The zero-order chi connectivity index (χ0) is 15.8. The first-order valence-electron chi connectivity index (χ1n) is 6.32. The number of aromatic nitrogens is 1. The number of aryl methyl sites for hydroxylation is 2. The molecule has 1 aromatic heterocycles. The monoisotopic (exact) mass is 311 g/mol. The predicted molar refractivity (Wildman–Crippen MR) is 60.9 cm³/mol. The van der Waals surface area contributed by atoms with Crippen molar-refractivity contribution in [1.82, 2.24) is 4.98 Å². The Hall–Kier alpha value is -1.60. The van der Waals surface area contributed by atoms with E-state index in [1.807, 2.05) is 0 Å². The number of rotatable bonds is 1. The Labute approximate surface area is 116 Å². The van der Waals surface area contributed by atoms with Crippen LogP contribution in [0.15, 0.2) is 6.07 Å². The number of hydrogen-bond acceptors (Lipinski definition) is 2. The fourth-order valence-corrected chi connectivity index (χ4v) is 2.35. The van der Waals surface area contributed by atoms with Crippen LogP contribution in [0, 0.1) is 0 Å². The maximum Gasteiger partial charge on any atom is 0.454 e. The van der Waals surface area contributed by atoms with E-state index in [-0.39, 0.29) is 12.1 Å². The summed E-state index contributed by atoms with van der Waals surface area (Å²) in [5.41, 5.74) is -2.72. The van der Waals surface area contributed by atoms with Crippen LogP contribution in [0.3, 0.4) is 0 Å². The molecule has 0 N–H and O–H groups in total. The number of fused-ring (bicyclic) bond motifs is 1. The topological polar surface area (TPSA) is 30.0 Å². The standard InChI is InChI=1S/C13H11F6NO/c14-12(15,16)10-8(11(21)13(17,18)19)6-7-4-2-1-3-5-9(7)20-10/h6H,1-5H2. The third kappa shape index (κ3) is 3.36. The molecule has 0 bridgehead atoms. The van der Waals surface area contributed by atoms with Crippen molar-refractivity contribution in [2.45, 2.75) is 44.5 Å². The lowest BCUT2D eigenvalue weighted by Gasteiger charge is -2.16. The predicted octanol–water partition coefficient (Wildman–Crippen LogP) is 4.11. The van der Waals surface area contributed by atoms with Crippen molar-refractivity contribution < 1.29 is 31.1 Å². The summed E-state index contributed by atoms with van der Waals surface area (Å²) in [6, 6.07) is 0.715. The first kappa shape index (κ1) is 15.8. The number of halogens is 6. The minimum absolute atomic E-state index is 0.138. The molecule has 1 heterocycles. The summed E-state index contributed by atoms with van der Waals surface area (Å²) in [6.45, 7) is 0. The zero-order valence-electron chi connectivity index (χ0n) is 10.7. The highest BCUT2D eigenvalue weighted by atomic mass is 19.4. The number of nitrogens with zero attached hydrogens (tertiary/aromatic N) is 1. The zero-order valence-corrected chi connectivity index (χ0v) is 10.7. The summed E-state index contributed by atoms with van der Waals surface area (Å²) in [5, 5.41) is 0. The lowest BCUT2D eigenvalue weighted by atomic mass is 10.0. The Morgan fingerprint density at radius 2 is 1.62 bits per heavy atom. The van der Waals surface area contributed by atoms with Crippen LogP contribution in [0.25, 0.3) is 0 Å². The maximum atomic E-state index is 12.9. The second-order valence-corrected chi connectivity index (χ2v) is 4.88. The van der Waals surface area contributed by atoms with Gasteiger partial charge in [0.05, 0.1) is 5.56 Å². The van der Waals surface area contributed by atoms with Gasteiger partial charge in [0.2, 0.25) is 0 Å². The van der Waals surface area contributed by atoms with Crippen LogP contribution in [0.2, 0.25) is 0 Å². The molecule has 21 heavy (non-hydrogen) atoms. The highest BCUT2D eigenvalue weighted by Gasteiger charge is 2.46. The fraction of sp³-hybridized carbons (Fsp3) is 0.538. The lowest BCUT2D eigenvalue weighted by Crippen LogP contribution is -2.27. The van der Waals surface area contributed by atoms with Crippen LogP contribution in [-0.4, -0.2) is 16.9 Å². The molecule has 2 nitrogen and oxygen atoms in total. The molecule has 8 heteroatoms. The average Bonchev–Trinajstić information content (AvgIpc) is 2.58. The van der Waals surface area contributed by atoms with Gasteiger partial charge in [0.15, 0.2) is 5.69 Å². The summed E-state index contributed by atoms with van der Waals surface area (Å²) >= 11 is 0. The molecule has 0 radical (unpaired) electrons. The van der Waals surface area contributed by atoms with E-state index in [0.29, 0.717) is 30.9 Å². The Bertz CT molecular complexity index is 561. The van der Waals surface area contributed by atoms with E-state index in [1.54, 1.807) is 0 Å². The molecule has 0 saturated heterocycles. The first-order chi connectivity index (χ1) is 9.60. The van der Waals surface area contributed by atoms with E-state index < -0.39 is 29.4 Å². The van der Waals surface area contributed by atoms with Gasteiger partial charge < -0.3 is 0 Å². The molecule has 0 spiro atoms. The maximum absolute atomic E-state index is 12.9. The summed E-state index contributed by atoms with van der Waals surface area (Å²) in [7, 11) is 0. The van der Waals surface area contributed by atoms with Gasteiger partial charge in [0, 0.05) is 5.69 Å². The second kappa shape index (κ2) is 5.31. The van der Waals surface area contributed by atoms with E-state index in [0.717, 1.165) is 6.42 Å². The van der Waals surface area contributed by atoms with E-state index in [2.05, 4.69) is 4.98 Å². The van der Waals surface area contributed by atoms with Crippen molar-refractivity contribution in [3.63, 3.8) is 0 Å². The summed E-state index contributed by atoms with van der Waals surface area (Å²) in [5.74, 6) is -2.51. The van der Waals surface area contributed by atoms with Gasteiger partial charge in [-0.05, 0) is 37.3 Å². The second-order valence-electron chi connectivity index (χ2n) is 4.88. The third-order valence-electron chi connectivity index (χ3n) is 3.32. The number of carbonyl (C=O) groups is 1. The smallest absolute Gasteiger partial charge is 0.284 e. The Balaban J connectivity index is 2.62. The molecular formula is C13H11F6NO. The summed E-state index contributed by atoms with van der Waals surface area (Å²) in [6.07, 6.45) is -7.81. The molecule has 0 fully saturated rings. The van der Waals surface area contributed by atoms with Crippen LogP contribution >= 0.6 is 0 Å². The molecule has 0 amide bonds. The molecule has 116 valence electrons. The minimum atomic E-state index is -5.36. The SMILES string of the molecule is O=C(c1cc2c(nc1C(F)(F)F)CCCCC2)C(F)(F)F. The molecule has 1 aromatic rings. The van der Waals surface area contributed by atoms with Gasteiger partial charge in [-0.15, -0.1) is 0 Å². The third-order valence-corrected chi connectivity index (χ3v) is 3.32. The highest BCUT2D eigenvalue weighted by molar-refractivity contribution is 6.01. The Kier molecular flexibility index (Phi) is 3.99. The van der Waals surface area contributed by atoms with Crippen molar-refractivity contribution in [2.75, 3.05) is 0 Å². The molecule has 0 unspecified atom stereocenters. The number of pyridine rings is 1. The molecule has 0 aromatic carbocycles. The molecule has 1 aliphatic carbocycles. The number of carbonyl (C=O) groups excluding carboxylic acids is 1. The number of Topliss-reactive ketones (excluding diaryl/α,β-unsaturated/α-hetero) is 1. The van der Waals surface area contributed by atoms with Crippen molar-refractivity contribution in [1.29, 1.82) is 0 Å². The Morgan fingerprint density at radius 1 is 1.00 bits per heavy atom. The van der Waals surface area contributed by atoms with Crippen LogP contribution in [-0.2, 0) is 19.0 Å². The van der Waals surface area contributed by atoms with Crippen LogP contribution in [0.1, 0.15) is 46.6 Å². The van der Waals surface area contributed by atoms with E-state index in [4.69, 9.17) is 0 Å². The molecule has 2 rings (SSSR count). The molecule has 0 aliphatic heterocycles. The summed E-state index contributed by atoms with van der Waals surface area (Å²) < 4.78 is 76.1. The summed E-state index contributed by atoms with van der Waals surface area (Å²) in [4.78, 5) is 14.6. The van der Waals surface area contributed by atoms with Gasteiger partial charge in [0.1, 0.15) is 0 Å². The molecule has 0 saturated carbocycles. The minimum Gasteiger partial charge on any atom is -0.284 e. The molecular weight excluding hydrogens is 300 g/mol. The number of hydrogen-bond donors (Lipinski definition) is 0. The van der Waals surface area contributed by atoms with Gasteiger partial charge in [-0.3, -0.25) is 4.79 Å². The van der Waals surface area contributed by atoms with Gasteiger partial charge in [-0.2, -0.15) is 26.3 Å². The van der Waals surface area contributed by atoms with Crippen molar-refractivity contribution >= 4 is 5.78 Å².